The Balaban J connectivity index is 2.26. The smallest absolute Gasteiger partial charge is 0.322 e. The molecule has 2 atom stereocenters. The summed E-state index contributed by atoms with van der Waals surface area (Å²) in [6.45, 7) is 1.83. The Morgan fingerprint density at radius 1 is 1.56 bits per heavy atom. The number of nitrogens with two attached hydrogens (primary N) is 1. The molecule has 1 aliphatic rings. The van der Waals surface area contributed by atoms with Crippen molar-refractivity contribution >= 4 is 5.97 Å². The Kier molecular flexibility index (Phi) is 2.96. The number of aryl methyl sites for hydroxylation is 1. The van der Waals surface area contributed by atoms with Crippen LogP contribution < -0.4 is 5.73 Å². The van der Waals surface area contributed by atoms with Crippen molar-refractivity contribution < 1.29 is 9.90 Å². The van der Waals surface area contributed by atoms with Crippen LogP contribution in [-0.2, 0) is 17.6 Å². The zero-order valence-electron chi connectivity index (χ0n) is 9.39. The maximum absolute atomic E-state index is 10.8. The summed E-state index contributed by atoms with van der Waals surface area (Å²) in [5, 5.41) is 8.90. The summed E-state index contributed by atoms with van der Waals surface area (Å²) in [7, 11) is 0. The molecule has 1 heterocycles. The van der Waals surface area contributed by atoms with Crippen LogP contribution in [0.5, 0.6) is 0 Å². The van der Waals surface area contributed by atoms with E-state index in [-0.39, 0.29) is 6.04 Å². The highest BCUT2D eigenvalue weighted by molar-refractivity contribution is 5.73. The fourth-order valence-corrected chi connectivity index (χ4v) is 2.22. The maximum atomic E-state index is 10.8. The minimum atomic E-state index is -0.967. The Morgan fingerprint density at radius 3 is 2.94 bits per heavy atom. The Morgan fingerprint density at radius 2 is 2.25 bits per heavy atom. The van der Waals surface area contributed by atoms with E-state index in [0.29, 0.717) is 0 Å². The molecule has 0 radical (unpaired) electrons. The third-order valence-electron chi connectivity index (χ3n) is 3.30. The van der Waals surface area contributed by atoms with Crippen LogP contribution >= 0.6 is 0 Å². The molecular formula is C11H17N3O2. The first kappa shape index (κ1) is 11.1. The number of aromatic nitrogens is 2. The summed E-state index contributed by atoms with van der Waals surface area (Å²) < 4.78 is 1.92. The van der Waals surface area contributed by atoms with Gasteiger partial charge in [0.15, 0.2) is 0 Å². The highest BCUT2D eigenvalue weighted by atomic mass is 16.4. The topological polar surface area (TPSA) is 81.1 Å². The Labute approximate surface area is 94.3 Å². The second-order valence-corrected chi connectivity index (χ2v) is 4.36. The average molecular weight is 223 g/mol. The molecule has 3 N–H and O–H groups in total. The number of nitrogens with zero attached hydrogens (tertiary/aromatic N) is 2. The molecule has 0 saturated heterocycles. The number of imidazole rings is 1. The molecule has 0 aromatic carbocycles. The van der Waals surface area contributed by atoms with Gasteiger partial charge in [-0.05, 0) is 32.6 Å². The maximum Gasteiger partial charge on any atom is 0.322 e. The van der Waals surface area contributed by atoms with Gasteiger partial charge in [-0.15, -0.1) is 0 Å². The van der Waals surface area contributed by atoms with Gasteiger partial charge in [-0.3, -0.25) is 4.79 Å². The van der Waals surface area contributed by atoms with Gasteiger partial charge < -0.3 is 15.4 Å². The zero-order valence-corrected chi connectivity index (χ0v) is 9.39. The number of carboxylic acids is 1. The Bertz CT molecular complexity index is 400. The molecule has 16 heavy (non-hydrogen) atoms. The molecule has 0 spiro atoms. The van der Waals surface area contributed by atoms with E-state index in [2.05, 4.69) is 4.98 Å². The molecule has 5 nitrogen and oxygen atoms in total. The molecular weight excluding hydrogens is 206 g/mol. The van der Waals surface area contributed by atoms with E-state index in [4.69, 9.17) is 10.8 Å². The number of carboxylic acid groups (broad SMARTS) is 1. The summed E-state index contributed by atoms with van der Waals surface area (Å²) in [5.41, 5.74) is 7.91. The number of aliphatic carboxylic acids is 1. The van der Waals surface area contributed by atoms with Gasteiger partial charge >= 0.3 is 5.97 Å². The van der Waals surface area contributed by atoms with E-state index < -0.39 is 12.0 Å². The van der Waals surface area contributed by atoms with Gasteiger partial charge in [-0.2, -0.15) is 0 Å². The first-order valence-electron chi connectivity index (χ1n) is 5.64. The van der Waals surface area contributed by atoms with Crippen LogP contribution in [0.3, 0.4) is 0 Å². The quantitative estimate of drug-likeness (QED) is 0.791. The average Bonchev–Trinajstić information content (AvgIpc) is 2.70. The van der Waals surface area contributed by atoms with E-state index in [9.17, 15) is 4.79 Å². The number of rotatable bonds is 3. The van der Waals surface area contributed by atoms with Gasteiger partial charge in [0.25, 0.3) is 0 Å². The van der Waals surface area contributed by atoms with Crippen LogP contribution in [0.1, 0.15) is 37.2 Å². The molecule has 0 amide bonds. The summed E-state index contributed by atoms with van der Waals surface area (Å²) in [5.74, 6) is -0.967. The lowest BCUT2D eigenvalue weighted by molar-refractivity contribution is -0.139. The van der Waals surface area contributed by atoms with Crippen LogP contribution in [0, 0.1) is 0 Å². The van der Waals surface area contributed by atoms with Crippen molar-refractivity contribution in [2.75, 3.05) is 0 Å². The van der Waals surface area contributed by atoms with Crippen molar-refractivity contribution in [1.82, 2.24) is 9.55 Å². The lowest BCUT2D eigenvalue weighted by atomic mass is 10.00. The predicted octanol–water partition coefficient (Wildman–Crippen LogP) is 0.735. The van der Waals surface area contributed by atoms with Gasteiger partial charge in [-0.25, -0.2) is 4.98 Å². The lowest BCUT2D eigenvalue weighted by Crippen LogP contribution is -2.38. The van der Waals surface area contributed by atoms with E-state index >= 15 is 0 Å². The second-order valence-electron chi connectivity index (χ2n) is 4.36. The molecule has 5 heteroatoms. The molecule has 1 aromatic rings. The van der Waals surface area contributed by atoms with E-state index in [1.165, 1.54) is 6.42 Å². The van der Waals surface area contributed by atoms with Crippen LogP contribution in [0.25, 0.3) is 0 Å². The number of fused-ring (bicyclic) bond motifs is 1. The zero-order chi connectivity index (χ0) is 11.7. The summed E-state index contributed by atoms with van der Waals surface area (Å²) in [4.78, 5) is 15.2. The summed E-state index contributed by atoms with van der Waals surface area (Å²) in [6.07, 6.45) is 6.02. The molecule has 2 unspecified atom stereocenters. The van der Waals surface area contributed by atoms with E-state index in [1.54, 1.807) is 6.33 Å². The monoisotopic (exact) mass is 223 g/mol. The third-order valence-corrected chi connectivity index (χ3v) is 3.30. The van der Waals surface area contributed by atoms with Crippen molar-refractivity contribution in [3.05, 3.63) is 17.7 Å². The molecule has 0 saturated carbocycles. The van der Waals surface area contributed by atoms with Crippen LogP contribution in [0.15, 0.2) is 6.33 Å². The van der Waals surface area contributed by atoms with Gasteiger partial charge in [0.2, 0.25) is 0 Å². The van der Waals surface area contributed by atoms with Crippen molar-refractivity contribution in [1.29, 1.82) is 0 Å². The van der Waals surface area contributed by atoms with E-state index in [0.717, 1.165) is 30.7 Å². The molecule has 1 aromatic heterocycles. The first-order valence-corrected chi connectivity index (χ1v) is 5.64. The molecule has 88 valence electrons. The first-order chi connectivity index (χ1) is 7.61. The fraction of sp³-hybridized carbons (Fsp3) is 0.636. The molecule has 0 bridgehead atoms. The highest BCUT2D eigenvalue weighted by Gasteiger charge is 2.25. The number of hydrogen-bond acceptors (Lipinski definition) is 3. The van der Waals surface area contributed by atoms with Crippen molar-refractivity contribution in [2.45, 2.75) is 44.7 Å². The number of carbonyl (C=O) groups is 1. The minimum absolute atomic E-state index is 0.244. The van der Waals surface area contributed by atoms with Crippen LogP contribution in [0.2, 0.25) is 0 Å². The summed E-state index contributed by atoms with van der Waals surface area (Å²) in [6, 6.07) is -1.12. The van der Waals surface area contributed by atoms with Crippen molar-refractivity contribution in [3.8, 4) is 0 Å². The van der Waals surface area contributed by atoms with Crippen LogP contribution in [-0.4, -0.2) is 26.7 Å². The fourth-order valence-electron chi connectivity index (χ4n) is 2.22. The van der Waals surface area contributed by atoms with Crippen molar-refractivity contribution in [3.63, 3.8) is 0 Å². The number of hydrogen-bond donors (Lipinski definition) is 2. The van der Waals surface area contributed by atoms with E-state index in [1.807, 2.05) is 11.5 Å². The lowest BCUT2D eigenvalue weighted by Gasteiger charge is -2.22. The Hall–Kier alpha value is -1.36. The largest absolute Gasteiger partial charge is 0.480 e. The van der Waals surface area contributed by atoms with Gasteiger partial charge in [-0.1, -0.05) is 0 Å². The molecule has 0 fully saturated rings. The molecule has 1 aliphatic carbocycles. The van der Waals surface area contributed by atoms with Gasteiger partial charge in [0.1, 0.15) is 6.04 Å². The standard InChI is InChI=1S/C11H17N3O2/c1-7(10(12)11(15)16)14-6-13-8-4-2-3-5-9(8)14/h6-7,10H,2-5,12H2,1H3,(H,15,16). The second kappa shape index (κ2) is 4.25. The molecule has 2 rings (SSSR count). The van der Waals surface area contributed by atoms with Gasteiger partial charge in [0, 0.05) is 5.69 Å². The minimum Gasteiger partial charge on any atom is -0.480 e. The predicted molar refractivity (Wildman–Crippen MR) is 59.2 cm³/mol. The van der Waals surface area contributed by atoms with Crippen LogP contribution in [0.4, 0.5) is 0 Å². The van der Waals surface area contributed by atoms with Gasteiger partial charge in [0.05, 0.1) is 18.1 Å². The summed E-state index contributed by atoms with van der Waals surface area (Å²) >= 11 is 0. The van der Waals surface area contributed by atoms with Crippen molar-refractivity contribution in [2.24, 2.45) is 5.73 Å². The highest BCUT2D eigenvalue weighted by Crippen LogP contribution is 2.23. The normalized spacial score (nSPS) is 18.9. The SMILES string of the molecule is CC(C(N)C(=O)O)n1cnc2c1CCCC2. The molecule has 0 aliphatic heterocycles. The third kappa shape index (κ3) is 1.82.